The Morgan fingerprint density at radius 3 is 2.52 bits per heavy atom. The highest BCUT2D eigenvalue weighted by atomic mass is 16.3. The Bertz CT molecular complexity index is 911. The lowest BCUT2D eigenvalue weighted by Gasteiger charge is -2.08. The molecule has 0 fully saturated rings. The summed E-state index contributed by atoms with van der Waals surface area (Å²) in [4.78, 5) is 4.47. The van der Waals surface area contributed by atoms with Crippen molar-refractivity contribution in [1.29, 1.82) is 0 Å². The van der Waals surface area contributed by atoms with Crippen LogP contribution in [0.2, 0.25) is 0 Å². The maximum absolute atomic E-state index is 10.4. The Kier molecular flexibility index (Phi) is 4.38. The van der Waals surface area contributed by atoms with Crippen molar-refractivity contribution in [1.82, 2.24) is 4.57 Å². The highest BCUT2D eigenvalue weighted by Gasteiger charge is 2.22. The fourth-order valence-corrected chi connectivity index (χ4v) is 2.47. The van der Waals surface area contributed by atoms with Gasteiger partial charge in [-0.1, -0.05) is 19.1 Å². The van der Waals surface area contributed by atoms with Crippen molar-refractivity contribution in [3.63, 3.8) is 0 Å². The first-order chi connectivity index (χ1) is 12.0. The van der Waals surface area contributed by atoms with Gasteiger partial charge in [0.2, 0.25) is 11.8 Å². The van der Waals surface area contributed by atoms with Gasteiger partial charge in [0.1, 0.15) is 17.2 Å². The fourth-order valence-electron chi connectivity index (χ4n) is 2.47. The number of nitrogens with one attached hydrogen (secondary N) is 1. The van der Waals surface area contributed by atoms with Gasteiger partial charge in [-0.05, 0) is 30.7 Å². The maximum Gasteiger partial charge on any atom is 0.222 e. The highest BCUT2D eigenvalue weighted by molar-refractivity contribution is 6.01. The number of aromatic nitrogens is 1. The number of anilines is 2. The van der Waals surface area contributed by atoms with Crippen LogP contribution in [0.1, 0.15) is 19.1 Å². The van der Waals surface area contributed by atoms with Gasteiger partial charge in [-0.2, -0.15) is 0 Å². The molecule has 7 heteroatoms. The highest BCUT2D eigenvalue weighted by Crippen LogP contribution is 2.46. The Hall–Kier alpha value is -3.35. The fraction of sp³-hybridized carbons (Fsp3) is 0.167. The molecule has 0 aliphatic carbocycles. The van der Waals surface area contributed by atoms with Crippen molar-refractivity contribution >= 4 is 22.8 Å². The topological polar surface area (TPSA) is 103 Å². The van der Waals surface area contributed by atoms with E-state index in [1.165, 1.54) is 17.7 Å². The first kappa shape index (κ1) is 16.5. The van der Waals surface area contributed by atoms with Crippen LogP contribution in [0.3, 0.4) is 0 Å². The van der Waals surface area contributed by atoms with Crippen molar-refractivity contribution in [2.24, 2.45) is 12.0 Å². The summed E-state index contributed by atoms with van der Waals surface area (Å²) in [6, 6.07) is 10.1. The molecule has 0 atom stereocenters. The maximum atomic E-state index is 10.4. The van der Waals surface area contributed by atoms with Gasteiger partial charge in [-0.25, -0.2) is 4.99 Å². The van der Waals surface area contributed by atoms with E-state index in [1.807, 2.05) is 6.92 Å². The average molecular weight is 341 g/mol. The van der Waals surface area contributed by atoms with E-state index in [-0.39, 0.29) is 28.9 Å². The van der Waals surface area contributed by atoms with Crippen molar-refractivity contribution in [2.45, 2.75) is 13.3 Å². The summed E-state index contributed by atoms with van der Waals surface area (Å²) < 4.78 is 6.58. The van der Waals surface area contributed by atoms with E-state index in [1.54, 1.807) is 36.6 Å². The standard InChI is InChI=1S/C18H19N3O4/c1-3-11(14-9-6-10-25-14)19-15-16(18(24)21(2)17(15)23)20-12-7-4-5-8-13(12)22/h4-10,20,22-24H,3H2,1-2H3. The second kappa shape index (κ2) is 6.64. The van der Waals surface area contributed by atoms with Gasteiger partial charge in [0, 0.05) is 7.05 Å². The number of rotatable bonds is 5. The van der Waals surface area contributed by atoms with Crippen LogP contribution in [0.15, 0.2) is 52.1 Å². The number of benzene rings is 1. The Balaban J connectivity index is 2.11. The van der Waals surface area contributed by atoms with Crippen LogP contribution in [-0.4, -0.2) is 25.6 Å². The lowest BCUT2D eigenvalue weighted by molar-refractivity contribution is 0.388. The van der Waals surface area contributed by atoms with Gasteiger partial charge in [-0.15, -0.1) is 0 Å². The van der Waals surface area contributed by atoms with E-state index < -0.39 is 0 Å². The first-order valence-electron chi connectivity index (χ1n) is 7.80. The predicted octanol–water partition coefficient (Wildman–Crippen LogP) is 4.01. The zero-order chi connectivity index (χ0) is 18.0. The molecule has 130 valence electrons. The van der Waals surface area contributed by atoms with Crippen molar-refractivity contribution < 1.29 is 19.7 Å². The van der Waals surface area contributed by atoms with E-state index in [2.05, 4.69) is 10.3 Å². The minimum atomic E-state index is -0.201. The van der Waals surface area contributed by atoms with Crippen LogP contribution in [-0.2, 0) is 7.05 Å². The van der Waals surface area contributed by atoms with Crippen molar-refractivity contribution in [2.75, 3.05) is 5.32 Å². The Morgan fingerprint density at radius 2 is 1.88 bits per heavy atom. The number of hydrogen-bond acceptors (Lipinski definition) is 6. The molecular weight excluding hydrogens is 322 g/mol. The minimum absolute atomic E-state index is 0.0157. The predicted molar refractivity (Wildman–Crippen MR) is 95.3 cm³/mol. The Labute approximate surface area is 144 Å². The van der Waals surface area contributed by atoms with Gasteiger partial charge >= 0.3 is 0 Å². The molecule has 0 bridgehead atoms. The van der Waals surface area contributed by atoms with Gasteiger partial charge in [-0.3, -0.25) is 4.57 Å². The van der Waals surface area contributed by atoms with Gasteiger partial charge in [0.05, 0.1) is 17.7 Å². The molecule has 4 N–H and O–H groups in total. The lowest BCUT2D eigenvalue weighted by atomic mass is 10.2. The van der Waals surface area contributed by atoms with Gasteiger partial charge in [0.15, 0.2) is 5.69 Å². The van der Waals surface area contributed by atoms with E-state index in [0.29, 0.717) is 23.6 Å². The van der Waals surface area contributed by atoms with Crippen LogP contribution >= 0.6 is 0 Å². The van der Waals surface area contributed by atoms with E-state index >= 15 is 0 Å². The molecule has 3 aromatic rings. The summed E-state index contributed by atoms with van der Waals surface area (Å²) >= 11 is 0. The lowest BCUT2D eigenvalue weighted by Crippen LogP contribution is -1.97. The van der Waals surface area contributed by atoms with E-state index in [4.69, 9.17) is 4.42 Å². The second-order valence-corrected chi connectivity index (χ2v) is 5.46. The third-order valence-electron chi connectivity index (χ3n) is 3.86. The molecule has 0 radical (unpaired) electrons. The number of aromatic hydroxyl groups is 3. The average Bonchev–Trinajstić information content (AvgIpc) is 3.21. The summed E-state index contributed by atoms with van der Waals surface area (Å²) in [6.07, 6.45) is 2.11. The molecule has 0 spiro atoms. The number of phenols is 1. The number of phenolic OH excluding ortho intramolecular Hbond substituents is 1. The monoisotopic (exact) mass is 341 g/mol. The number of para-hydroxylation sites is 2. The molecule has 1 aromatic carbocycles. The molecule has 0 amide bonds. The molecular formula is C18H19N3O4. The van der Waals surface area contributed by atoms with Crippen LogP contribution in [0, 0.1) is 0 Å². The van der Waals surface area contributed by atoms with Crippen LogP contribution in [0.4, 0.5) is 17.1 Å². The number of hydrogen-bond donors (Lipinski definition) is 4. The Morgan fingerprint density at radius 1 is 1.12 bits per heavy atom. The third kappa shape index (κ3) is 3.03. The van der Waals surface area contributed by atoms with Crippen LogP contribution in [0.5, 0.6) is 17.5 Å². The molecule has 0 saturated heterocycles. The first-order valence-corrected chi connectivity index (χ1v) is 7.80. The smallest absolute Gasteiger partial charge is 0.222 e. The van der Waals surface area contributed by atoms with Gasteiger partial charge in [0.25, 0.3) is 0 Å². The molecule has 0 saturated carbocycles. The largest absolute Gasteiger partial charge is 0.506 e. The second-order valence-electron chi connectivity index (χ2n) is 5.46. The number of aliphatic imine (C=N–C) groups is 1. The molecule has 2 aromatic heterocycles. The number of furan rings is 1. The summed E-state index contributed by atoms with van der Waals surface area (Å²) in [5.74, 6) is 0.197. The molecule has 7 nitrogen and oxygen atoms in total. The van der Waals surface area contributed by atoms with Gasteiger partial charge < -0.3 is 25.1 Å². The normalized spacial score (nSPS) is 11.7. The van der Waals surface area contributed by atoms with Crippen LogP contribution in [0.25, 0.3) is 0 Å². The zero-order valence-electron chi connectivity index (χ0n) is 13.9. The molecule has 0 aliphatic heterocycles. The molecule has 0 unspecified atom stereocenters. The molecule has 3 rings (SSSR count). The quantitative estimate of drug-likeness (QED) is 0.415. The molecule has 25 heavy (non-hydrogen) atoms. The summed E-state index contributed by atoms with van der Waals surface area (Å²) in [7, 11) is 1.51. The van der Waals surface area contributed by atoms with E-state index in [0.717, 1.165) is 0 Å². The van der Waals surface area contributed by atoms with Crippen molar-refractivity contribution in [3.05, 3.63) is 48.4 Å². The molecule has 0 aliphatic rings. The summed E-state index contributed by atoms with van der Waals surface area (Å²) in [5.41, 5.74) is 1.36. The number of nitrogens with zero attached hydrogens (tertiary/aromatic N) is 2. The summed E-state index contributed by atoms with van der Waals surface area (Å²) in [5, 5.41) is 33.6. The third-order valence-corrected chi connectivity index (χ3v) is 3.86. The molecule has 2 heterocycles. The van der Waals surface area contributed by atoms with E-state index in [9.17, 15) is 15.3 Å². The van der Waals surface area contributed by atoms with Crippen molar-refractivity contribution in [3.8, 4) is 17.5 Å². The van der Waals surface area contributed by atoms with Crippen LogP contribution < -0.4 is 5.32 Å². The zero-order valence-corrected chi connectivity index (χ0v) is 13.9. The summed E-state index contributed by atoms with van der Waals surface area (Å²) in [6.45, 7) is 1.91. The minimum Gasteiger partial charge on any atom is -0.506 e. The SMILES string of the molecule is CCC(=Nc1c(Nc2ccccc2O)c(O)n(C)c1O)c1ccco1.